The van der Waals surface area contributed by atoms with Gasteiger partial charge in [0.15, 0.2) is 0 Å². The summed E-state index contributed by atoms with van der Waals surface area (Å²) in [5, 5.41) is 12.8. The number of hydrogen-bond donors (Lipinski definition) is 2. The fourth-order valence-corrected chi connectivity index (χ4v) is 3.08. The lowest BCUT2D eigenvalue weighted by Crippen LogP contribution is -2.58. The quantitative estimate of drug-likeness (QED) is 0.773. The van der Waals surface area contributed by atoms with Crippen molar-refractivity contribution in [3.63, 3.8) is 0 Å². The maximum Gasteiger partial charge on any atom is 0.324 e. The molecule has 4 heteroatoms. The molecule has 1 aliphatic heterocycles. The highest BCUT2D eigenvalue weighted by Gasteiger charge is 2.40. The Morgan fingerprint density at radius 2 is 1.89 bits per heavy atom. The van der Waals surface area contributed by atoms with E-state index < -0.39 is 11.5 Å². The lowest BCUT2D eigenvalue weighted by atomic mass is 9.86. The highest BCUT2D eigenvalue weighted by molar-refractivity contribution is 5.78. The topological polar surface area (TPSA) is 52.6 Å². The van der Waals surface area contributed by atoms with Crippen LogP contribution in [0.3, 0.4) is 0 Å². The van der Waals surface area contributed by atoms with Gasteiger partial charge in [0.25, 0.3) is 0 Å². The molecule has 0 radical (unpaired) electrons. The smallest absolute Gasteiger partial charge is 0.324 e. The molecule has 110 valence electrons. The van der Waals surface area contributed by atoms with Gasteiger partial charge in [0.05, 0.1) is 0 Å². The predicted octanol–water partition coefficient (Wildman–Crippen LogP) is 1.95. The van der Waals surface area contributed by atoms with Crippen LogP contribution in [0.15, 0.2) is 0 Å². The molecule has 0 aromatic carbocycles. The van der Waals surface area contributed by atoms with Crippen molar-refractivity contribution in [1.82, 2.24) is 10.2 Å². The zero-order valence-electron chi connectivity index (χ0n) is 12.5. The minimum atomic E-state index is -0.786. The monoisotopic (exact) mass is 268 g/mol. The summed E-state index contributed by atoms with van der Waals surface area (Å²) in [6.07, 6.45) is 4.66. The second-order valence-electron chi connectivity index (χ2n) is 6.91. The number of carbonyl (C=O) groups is 1. The Morgan fingerprint density at radius 1 is 1.32 bits per heavy atom. The van der Waals surface area contributed by atoms with Gasteiger partial charge >= 0.3 is 5.97 Å². The van der Waals surface area contributed by atoms with Crippen molar-refractivity contribution in [1.29, 1.82) is 0 Å². The van der Waals surface area contributed by atoms with E-state index in [9.17, 15) is 9.90 Å². The van der Waals surface area contributed by atoms with Crippen molar-refractivity contribution in [2.75, 3.05) is 19.6 Å². The average Bonchev–Trinajstić information content (AvgIpc) is 3.13. The summed E-state index contributed by atoms with van der Waals surface area (Å²) in [5.74, 6) is 0.840. The average molecular weight is 268 g/mol. The normalized spacial score (nSPS) is 25.5. The molecule has 1 unspecified atom stereocenters. The molecule has 1 atom stereocenters. The molecule has 4 nitrogen and oxygen atoms in total. The molecule has 0 aromatic rings. The van der Waals surface area contributed by atoms with Crippen LogP contribution < -0.4 is 5.32 Å². The molecular formula is C15H28N2O2. The zero-order chi connectivity index (χ0) is 14.0. The van der Waals surface area contributed by atoms with E-state index in [4.69, 9.17) is 0 Å². The molecule has 1 saturated carbocycles. The minimum absolute atomic E-state index is 0.425. The minimum Gasteiger partial charge on any atom is -0.480 e. The van der Waals surface area contributed by atoms with Gasteiger partial charge in [0.2, 0.25) is 0 Å². The van der Waals surface area contributed by atoms with Gasteiger partial charge in [0, 0.05) is 12.6 Å². The first-order valence-corrected chi connectivity index (χ1v) is 7.64. The Labute approximate surface area is 116 Å². The van der Waals surface area contributed by atoms with Crippen LogP contribution in [0.4, 0.5) is 0 Å². The number of aliphatic carboxylic acids is 1. The highest BCUT2D eigenvalue weighted by atomic mass is 16.4. The molecule has 2 fully saturated rings. The van der Waals surface area contributed by atoms with Gasteiger partial charge in [0.1, 0.15) is 5.54 Å². The summed E-state index contributed by atoms with van der Waals surface area (Å²) < 4.78 is 0. The van der Waals surface area contributed by atoms with E-state index in [2.05, 4.69) is 24.1 Å². The predicted molar refractivity (Wildman–Crippen MR) is 76.2 cm³/mol. The Kier molecular flexibility index (Phi) is 4.51. The van der Waals surface area contributed by atoms with Crippen molar-refractivity contribution in [2.45, 2.75) is 58.0 Å². The van der Waals surface area contributed by atoms with Crippen molar-refractivity contribution in [2.24, 2.45) is 11.8 Å². The summed E-state index contributed by atoms with van der Waals surface area (Å²) in [7, 11) is 0. The third-order valence-electron chi connectivity index (χ3n) is 4.69. The largest absolute Gasteiger partial charge is 0.480 e. The van der Waals surface area contributed by atoms with E-state index in [1.807, 2.05) is 6.92 Å². The van der Waals surface area contributed by atoms with Gasteiger partial charge in [-0.3, -0.25) is 10.1 Å². The van der Waals surface area contributed by atoms with Crippen LogP contribution >= 0.6 is 0 Å². The van der Waals surface area contributed by atoms with Gasteiger partial charge in [-0.15, -0.1) is 0 Å². The molecule has 1 aliphatic carbocycles. The van der Waals surface area contributed by atoms with Crippen molar-refractivity contribution < 1.29 is 9.90 Å². The third kappa shape index (κ3) is 3.93. The van der Waals surface area contributed by atoms with E-state index in [0.717, 1.165) is 37.8 Å². The van der Waals surface area contributed by atoms with Crippen LogP contribution in [0, 0.1) is 11.8 Å². The summed E-state index contributed by atoms with van der Waals surface area (Å²) in [5.41, 5.74) is -0.786. The van der Waals surface area contributed by atoms with E-state index in [-0.39, 0.29) is 0 Å². The fourth-order valence-electron chi connectivity index (χ4n) is 3.08. The number of likely N-dealkylation sites (tertiary alicyclic amines) is 1. The number of hydrogen-bond acceptors (Lipinski definition) is 3. The van der Waals surface area contributed by atoms with Gasteiger partial charge in [-0.25, -0.2) is 0 Å². The number of carboxylic acid groups (broad SMARTS) is 1. The zero-order valence-corrected chi connectivity index (χ0v) is 12.5. The molecule has 1 heterocycles. The third-order valence-corrected chi connectivity index (χ3v) is 4.69. The van der Waals surface area contributed by atoms with Gasteiger partial charge in [-0.2, -0.15) is 0 Å². The lowest BCUT2D eigenvalue weighted by molar-refractivity contribution is -0.145. The van der Waals surface area contributed by atoms with Crippen LogP contribution in [-0.2, 0) is 4.79 Å². The molecule has 0 bridgehead atoms. The van der Waals surface area contributed by atoms with Crippen molar-refractivity contribution in [3.8, 4) is 0 Å². The van der Waals surface area contributed by atoms with E-state index in [0.29, 0.717) is 12.6 Å². The standard InChI is InChI=1S/C15H28N2O2/c1-11(2)12-6-8-17(9-7-12)10-15(3,14(18)19)16-13-4-5-13/h11-13,16H,4-10H2,1-3H3,(H,18,19). The fraction of sp³-hybridized carbons (Fsp3) is 0.933. The van der Waals surface area contributed by atoms with Crippen LogP contribution in [0.25, 0.3) is 0 Å². The van der Waals surface area contributed by atoms with Crippen LogP contribution in [0.2, 0.25) is 0 Å². The molecule has 0 amide bonds. The van der Waals surface area contributed by atoms with Gasteiger partial charge in [-0.1, -0.05) is 13.8 Å². The second-order valence-corrected chi connectivity index (χ2v) is 6.91. The number of nitrogens with one attached hydrogen (secondary N) is 1. The Morgan fingerprint density at radius 3 is 2.32 bits per heavy atom. The van der Waals surface area contributed by atoms with Gasteiger partial charge in [-0.05, 0) is 57.5 Å². The highest BCUT2D eigenvalue weighted by Crippen LogP contribution is 2.27. The summed E-state index contributed by atoms with van der Waals surface area (Å²) in [6.45, 7) is 9.12. The molecule has 1 saturated heterocycles. The molecule has 2 rings (SSSR count). The first kappa shape index (κ1) is 14.8. The number of carboxylic acids is 1. The first-order chi connectivity index (χ1) is 8.90. The Balaban J connectivity index is 1.86. The SMILES string of the molecule is CC(C)C1CCN(CC(C)(NC2CC2)C(=O)O)CC1. The molecule has 2 N–H and O–H groups in total. The van der Waals surface area contributed by atoms with E-state index in [1.165, 1.54) is 12.8 Å². The molecule has 0 spiro atoms. The summed E-state index contributed by atoms with van der Waals surface area (Å²) in [6, 6.07) is 0.425. The summed E-state index contributed by atoms with van der Waals surface area (Å²) in [4.78, 5) is 13.9. The Hall–Kier alpha value is -0.610. The first-order valence-electron chi connectivity index (χ1n) is 7.64. The van der Waals surface area contributed by atoms with E-state index >= 15 is 0 Å². The van der Waals surface area contributed by atoms with Crippen molar-refractivity contribution >= 4 is 5.97 Å². The summed E-state index contributed by atoms with van der Waals surface area (Å²) >= 11 is 0. The number of rotatable bonds is 6. The Bertz CT molecular complexity index is 320. The molecule has 19 heavy (non-hydrogen) atoms. The maximum atomic E-state index is 11.5. The number of nitrogens with zero attached hydrogens (tertiary/aromatic N) is 1. The van der Waals surface area contributed by atoms with Crippen LogP contribution in [0.1, 0.15) is 46.5 Å². The molecule has 0 aromatic heterocycles. The maximum absolute atomic E-state index is 11.5. The molecule has 2 aliphatic rings. The number of piperidine rings is 1. The van der Waals surface area contributed by atoms with E-state index in [1.54, 1.807) is 0 Å². The van der Waals surface area contributed by atoms with Crippen molar-refractivity contribution in [3.05, 3.63) is 0 Å². The molecular weight excluding hydrogens is 240 g/mol. The van der Waals surface area contributed by atoms with Crippen LogP contribution in [-0.4, -0.2) is 47.2 Å². The second kappa shape index (κ2) is 5.80. The van der Waals surface area contributed by atoms with Gasteiger partial charge < -0.3 is 10.0 Å². The lowest BCUT2D eigenvalue weighted by Gasteiger charge is -2.38. The van der Waals surface area contributed by atoms with Crippen LogP contribution in [0.5, 0.6) is 0 Å².